The molecule has 0 bridgehead atoms. The molecule has 0 aliphatic heterocycles. The Morgan fingerprint density at radius 1 is 1.09 bits per heavy atom. The summed E-state index contributed by atoms with van der Waals surface area (Å²) in [5, 5.41) is 9.07. The van der Waals surface area contributed by atoms with Crippen LogP contribution in [0.5, 0.6) is 0 Å². The van der Waals surface area contributed by atoms with Gasteiger partial charge >= 0.3 is 6.18 Å². The van der Waals surface area contributed by atoms with Crippen LogP contribution in [0.15, 0.2) is 53.5 Å². The van der Waals surface area contributed by atoms with Gasteiger partial charge in [-0.05, 0) is 42.2 Å². The zero-order valence-corrected chi connectivity index (χ0v) is 20.4. The molecular weight excluding hydrogens is 532 g/mol. The maximum atomic E-state index is 13.1. The van der Waals surface area contributed by atoms with Crippen LogP contribution in [0.2, 0.25) is 0 Å². The summed E-state index contributed by atoms with van der Waals surface area (Å²) in [4.78, 5) is 15.8. The highest BCUT2D eigenvalue weighted by Crippen LogP contribution is 2.44. The van der Waals surface area contributed by atoms with Crippen LogP contribution >= 0.6 is 24.0 Å². The van der Waals surface area contributed by atoms with Crippen LogP contribution in [0.25, 0.3) is 0 Å². The standard InChI is InChI=1S/C23H27F3N4O.HI/c1-27-20(31)17-9-7-16(8-10-17)14-29-21(28-2)30-15-22(11-4-12-22)18-5-3-6-19(13-18)23(24,25)26;/h3,5-10,13H,4,11-12,14-15H2,1-2H3,(H,27,31)(H2,28,29,30);1H. The van der Waals surface area contributed by atoms with Crippen LogP contribution in [0.3, 0.4) is 0 Å². The van der Waals surface area contributed by atoms with Gasteiger partial charge in [-0.15, -0.1) is 24.0 Å². The minimum absolute atomic E-state index is 0. The number of nitrogens with one attached hydrogen (secondary N) is 3. The van der Waals surface area contributed by atoms with Gasteiger partial charge in [0.25, 0.3) is 5.91 Å². The van der Waals surface area contributed by atoms with Crippen LogP contribution in [0.4, 0.5) is 13.2 Å². The van der Waals surface area contributed by atoms with Gasteiger partial charge in [-0.1, -0.05) is 36.8 Å². The van der Waals surface area contributed by atoms with Crippen molar-refractivity contribution in [2.45, 2.75) is 37.4 Å². The topological polar surface area (TPSA) is 65.5 Å². The van der Waals surface area contributed by atoms with Crippen LogP contribution < -0.4 is 16.0 Å². The zero-order valence-electron chi connectivity index (χ0n) is 18.1. The number of benzene rings is 2. The summed E-state index contributed by atoms with van der Waals surface area (Å²) in [6.45, 7) is 1.01. The SMILES string of the molecule is CN=C(NCc1ccc(C(=O)NC)cc1)NCC1(c2cccc(C(F)(F)F)c2)CCC1.I. The van der Waals surface area contributed by atoms with Crippen molar-refractivity contribution in [3.8, 4) is 0 Å². The first-order valence-corrected chi connectivity index (χ1v) is 10.2. The predicted molar refractivity (Wildman–Crippen MR) is 130 cm³/mol. The van der Waals surface area contributed by atoms with Gasteiger partial charge in [-0.2, -0.15) is 13.2 Å². The lowest BCUT2D eigenvalue weighted by Crippen LogP contribution is -2.48. The fourth-order valence-electron chi connectivity index (χ4n) is 3.77. The fourth-order valence-corrected chi connectivity index (χ4v) is 3.77. The fraction of sp³-hybridized carbons (Fsp3) is 0.391. The van der Waals surface area contributed by atoms with Gasteiger partial charge in [-0.25, -0.2) is 0 Å². The first kappa shape index (κ1) is 26.0. The third-order valence-corrected chi connectivity index (χ3v) is 5.83. The molecular formula is C23H28F3IN4O. The minimum Gasteiger partial charge on any atom is -0.356 e. The molecule has 0 spiro atoms. The van der Waals surface area contributed by atoms with Crippen molar-refractivity contribution in [1.82, 2.24) is 16.0 Å². The molecule has 32 heavy (non-hydrogen) atoms. The molecule has 3 rings (SSSR count). The lowest BCUT2D eigenvalue weighted by atomic mass is 9.64. The van der Waals surface area contributed by atoms with Crippen molar-refractivity contribution in [2.24, 2.45) is 4.99 Å². The summed E-state index contributed by atoms with van der Waals surface area (Å²) in [6, 6.07) is 12.9. The van der Waals surface area contributed by atoms with E-state index in [-0.39, 0.29) is 35.3 Å². The minimum atomic E-state index is -4.35. The predicted octanol–water partition coefficient (Wildman–Crippen LogP) is 4.47. The average molecular weight is 560 g/mol. The van der Waals surface area contributed by atoms with E-state index in [1.807, 2.05) is 12.1 Å². The number of alkyl halides is 3. The molecule has 1 saturated carbocycles. The Morgan fingerprint density at radius 3 is 2.31 bits per heavy atom. The molecule has 1 aliphatic rings. The monoisotopic (exact) mass is 560 g/mol. The number of carbonyl (C=O) groups excluding carboxylic acids is 1. The summed E-state index contributed by atoms with van der Waals surface area (Å²) in [6.07, 6.45) is -1.69. The van der Waals surface area contributed by atoms with Crippen molar-refractivity contribution in [3.05, 3.63) is 70.8 Å². The Bertz CT molecular complexity index is 941. The van der Waals surface area contributed by atoms with Crippen molar-refractivity contribution in [1.29, 1.82) is 0 Å². The van der Waals surface area contributed by atoms with E-state index >= 15 is 0 Å². The second kappa shape index (κ2) is 11.0. The molecule has 3 N–H and O–H groups in total. The Kier molecular flexibility index (Phi) is 8.94. The van der Waals surface area contributed by atoms with Gasteiger partial charge < -0.3 is 16.0 Å². The molecule has 0 saturated heterocycles. The van der Waals surface area contributed by atoms with Crippen LogP contribution in [-0.2, 0) is 18.1 Å². The quantitative estimate of drug-likeness (QED) is 0.278. The lowest BCUT2D eigenvalue weighted by molar-refractivity contribution is -0.137. The first-order chi connectivity index (χ1) is 14.8. The van der Waals surface area contributed by atoms with E-state index in [2.05, 4.69) is 20.9 Å². The molecule has 0 heterocycles. The van der Waals surface area contributed by atoms with Crippen molar-refractivity contribution in [2.75, 3.05) is 20.6 Å². The number of halogens is 4. The molecule has 1 aliphatic carbocycles. The third-order valence-electron chi connectivity index (χ3n) is 5.83. The van der Waals surface area contributed by atoms with E-state index in [9.17, 15) is 18.0 Å². The number of amides is 1. The van der Waals surface area contributed by atoms with E-state index in [0.29, 0.717) is 30.2 Å². The molecule has 2 aromatic carbocycles. The van der Waals surface area contributed by atoms with Crippen LogP contribution in [0, 0.1) is 0 Å². The molecule has 0 aromatic heterocycles. The second-order valence-corrected chi connectivity index (χ2v) is 7.77. The Hall–Kier alpha value is -2.30. The van der Waals surface area contributed by atoms with Gasteiger partial charge in [0, 0.05) is 38.2 Å². The van der Waals surface area contributed by atoms with Crippen LogP contribution in [0.1, 0.15) is 46.3 Å². The normalized spacial score (nSPS) is 15.2. The van der Waals surface area contributed by atoms with Gasteiger partial charge in [0.2, 0.25) is 0 Å². The van der Waals surface area contributed by atoms with E-state index in [0.717, 1.165) is 30.9 Å². The van der Waals surface area contributed by atoms with Crippen molar-refractivity contribution >= 4 is 35.8 Å². The summed E-state index contributed by atoms with van der Waals surface area (Å²) < 4.78 is 39.4. The third kappa shape index (κ3) is 6.14. The average Bonchev–Trinajstić information content (AvgIpc) is 2.74. The molecule has 9 heteroatoms. The molecule has 1 fully saturated rings. The molecule has 5 nitrogen and oxygen atoms in total. The molecule has 2 aromatic rings. The smallest absolute Gasteiger partial charge is 0.356 e. The number of rotatable bonds is 6. The molecule has 1 amide bonds. The van der Waals surface area contributed by atoms with Crippen molar-refractivity contribution in [3.63, 3.8) is 0 Å². The molecule has 174 valence electrons. The molecule has 0 atom stereocenters. The first-order valence-electron chi connectivity index (χ1n) is 10.2. The lowest BCUT2D eigenvalue weighted by Gasteiger charge is -2.43. The Balaban J connectivity index is 0.00000363. The number of nitrogens with zero attached hydrogens (tertiary/aromatic N) is 1. The van der Waals surface area contributed by atoms with Gasteiger partial charge in [-0.3, -0.25) is 9.79 Å². The molecule has 0 unspecified atom stereocenters. The van der Waals surface area contributed by atoms with Gasteiger partial charge in [0.15, 0.2) is 5.96 Å². The van der Waals surface area contributed by atoms with E-state index in [1.54, 1.807) is 32.3 Å². The number of carbonyl (C=O) groups is 1. The summed E-state index contributed by atoms with van der Waals surface area (Å²) in [5.41, 5.74) is 1.34. The highest BCUT2D eigenvalue weighted by atomic mass is 127. The summed E-state index contributed by atoms with van der Waals surface area (Å²) >= 11 is 0. The van der Waals surface area contributed by atoms with E-state index in [4.69, 9.17) is 0 Å². The Labute approximate surface area is 203 Å². The highest BCUT2D eigenvalue weighted by molar-refractivity contribution is 14.0. The van der Waals surface area contributed by atoms with Crippen LogP contribution in [-0.4, -0.2) is 32.5 Å². The van der Waals surface area contributed by atoms with Gasteiger partial charge in [0.1, 0.15) is 0 Å². The van der Waals surface area contributed by atoms with Crippen molar-refractivity contribution < 1.29 is 18.0 Å². The number of hydrogen-bond acceptors (Lipinski definition) is 2. The summed E-state index contributed by atoms with van der Waals surface area (Å²) in [7, 11) is 3.24. The maximum absolute atomic E-state index is 13.1. The van der Waals surface area contributed by atoms with E-state index in [1.165, 1.54) is 12.1 Å². The number of guanidine groups is 1. The second-order valence-electron chi connectivity index (χ2n) is 7.77. The number of aliphatic imine (C=N–C) groups is 1. The highest BCUT2D eigenvalue weighted by Gasteiger charge is 2.40. The maximum Gasteiger partial charge on any atom is 0.416 e. The largest absolute Gasteiger partial charge is 0.416 e. The van der Waals surface area contributed by atoms with Gasteiger partial charge in [0.05, 0.1) is 5.56 Å². The Morgan fingerprint density at radius 2 is 1.78 bits per heavy atom. The number of hydrogen-bond donors (Lipinski definition) is 3. The summed E-state index contributed by atoms with van der Waals surface area (Å²) in [5.74, 6) is 0.436. The van der Waals surface area contributed by atoms with E-state index < -0.39 is 11.7 Å². The zero-order chi connectivity index (χ0) is 22.5. The molecule has 0 radical (unpaired) electrons.